The molecule has 2 N–H and O–H groups in total. The van der Waals surface area contributed by atoms with Crippen LogP contribution in [0.4, 0.5) is 0 Å². The zero-order valence-corrected chi connectivity index (χ0v) is 4.80. The number of hydrogen-bond donors (Lipinski definition) is 1. The molecule has 0 aromatic heterocycles. The first-order valence-corrected chi connectivity index (χ1v) is 2.98. The van der Waals surface area contributed by atoms with E-state index in [-0.39, 0.29) is 5.92 Å². The van der Waals surface area contributed by atoms with Crippen molar-refractivity contribution in [2.75, 3.05) is 0 Å². The van der Waals surface area contributed by atoms with Gasteiger partial charge in [0.05, 0.1) is 6.07 Å². The number of rotatable bonds is 0. The lowest BCUT2D eigenvalue weighted by atomic mass is 10.1. The van der Waals surface area contributed by atoms with Crippen molar-refractivity contribution in [3.8, 4) is 6.07 Å². The van der Waals surface area contributed by atoms with Gasteiger partial charge in [0.15, 0.2) is 0 Å². The van der Waals surface area contributed by atoms with Gasteiger partial charge in [-0.3, -0.25) is 0 Å². The molecule has 44 valence electrons. The standard InChI is InChI=1S/C6H10N2/c7-4-5-1-2-6(8)3-5/h5-6H,1-3,8H2/t5-,6+/m0/s1. The van der Waals surface area contributed by atoms with Crippen LogP contribution in [-0.2, 0) is 0 Å². The molecule has 2 nitrogen and oxygen atoms in total. The molecule has 2 atom stereocenters. The van der Waals surface area contributed by atoms with E-state index < -0.39 is 0 Å². The highest BCUT2D eigenvalue weighted by molar-refractivity contribution is 4.91. The Balaban J connectivity index is 2.35. The molecule has 0 aromatic carbocycles. The van der Waals surface area contributed by atoms with Crippen LogP contribution in [0.25, 0.3) is 0 Å². The van der Waals surface area contributed by atoms with E-state index in [0.29, 0.717) is 6.04 Å². The summed E-state index contributed by atoms with van der Waals surface area (Å²) in [5, 5.41) is 8.38. The molecule has 0 heterocycles. The highest BCUT2D eigenvalue weighted by Crippen LogP contribution is 2.22. The van der Waals surface area contributed by atoms with E-state index >= 15 is 0 Å². The van der Waals surface area contributed by atoms with Crippen molar-refractivity contribution in [1.82, 2.24) is 0 Å². The molecule has 1 saturated carbocycles. The summed E-state index contributed by atoms with van der Waals surface area (Å²) in [6.07, 6.45) is 2.96. The predicted molar refractivity (Wildman–Crippen MR) is 30.9 cm³/mol. The van der Waals surface area contributed by atoms with Gasteiger partial charge < -0.3 is 5.73 Å². The fraction of sp³-hybridized carbons (Fsp3) is 0.833. The summed E-state index contributed by atoms with van der Waals surface area (Å²) in [4.78, 5) is 0. The van der Waals surface area contributed by atoms with Crippen molar-refractivity contribution < 1.29 is 0 Å². The van der Waals surface area contributed by atoms with Gasteiger partial charge in [-0.05, 0) is 19.3 Å². The molecule has 0 spiro atoms. The first-order chi connectivity index (χ1) is 3.83. The van der Waals surface area contributed by atoms with Gasteiger partial charge in [0, 0.05) is 12.0 Å². The smallest absolute Gasteiger partial charge is 0.0656 e. The molecule has 0 amide bonds. The normalized spacial score (nSPS) is 37.0. The van der Waals surface area contributed by atoms with Crippen LogP contribution >= 0.6 is 0 Å². The van der Waals surface area contributed by atoms with Gasteiger partial charge in [0.25, 0.3) is 0 Å². The van der Waals surface area contributed by atoms with Gasteiger partial charge >= 0.3 is 0 Å². The molecule has 0 unspecified atom stereocenters. The molecule has 8 heavy (non-hydrogen) atoms. The van der Waals surface area contributed by atoms with Gasteiger partial charge in [0.1, 0.15) is 0 Å². The van der Waals surface area contributed by atoms with Crippen molar-refractivity contribution >= 4 is 0 Å². The molecule has 2 heteroatoms. The van der Waals surface area contributed by atoms with Crippen molar-refractivity contribution in [2.45, 2.75) is 25.3 Å². The molecule has 0 bridgehead atoms. The van der Waals surface area contributed by atoms with E-state index in [1.165, 1.54) is 0 Å². The average Bonchev–Trinajstić information content (AvgIpc) is 2.14. The molecule has 0 radical (unpaired) electrons. The van der Waals surface area contributed by atoms with Crippen LogP contribution in [0.15, 0.2) is 0 Å². The van der Waals surface area contributed by atoms with Crippen LogP contribution in [0.3, 0.4) is 0 Å². The van der Waals surface area contributed by atoms with Crippen LogP contribution in [0, 0.1) is 17.2 Å². The maximum absolute atomic E-state index is 8.38. The SMILES string of the molecule is N#C[C@H]1CC[C@@H](N)C1. The van der Waals surface area contributed by atoms with Crippen molar-refractivity contribution in [3.63, 3.8) is 0 Å². The minimum atomic E-state index is 0.255. The first kappa shape index (κ1) is 5.58. The third-order valence-corrected chi connectivity index (χ3v) is 1.66. The van der Waals surface area contributed by atoms with E-state index in [4.69, 9.17) is 11.0 Å². The van der Waals surface area contributed by atoms with Crippen molar-refractivity contribution in [1.29, 1.82) is 5.26 Å². The molecule has 0 aromatic rings. The highest BCUT2D eigenvalue weighted by atomic mass is 14.6. The Bertz CT molecular complexity index is 114. The molecule has 0 aliphatic heterocycles. The second-order valence-corrected chi connectivity index (χ2v) is 2.40. The van der Waals surface area contributed by atoms with E-state index in [2.05, 4.69) is 6.07 Å². The van der Waals surface area contributed by atoms with E-state index in [9.17, 15) is 0 Å². The van der Waals surface area contributed by atoms with Crippen LogP contribution in [-0.4, -0.2) is 6.04 Å². The Kier molecular flexibility index (Phi) is 1.50. The largest absolute Gasteiger partial charge is 0.328 e. The Morgan fingerprint density at radius 2 is 2.25 bits per heavy atom. The fourth-order valence-electron chi connectivity index (χ4n) is 1.13. The van der Waals surface area contributed by atoms with Crippen LogP contribution in [0.2, 0.25) is 0 Å². The van der Waals surface area contributed by atoms with Gasteiger partial charge in [-0.2, -0.15) is 5.26 Å². The average molecular weight is 110 g/mol. The third-order valence-electron chi connectivity index (χ3n) is 1.66. The maximum Gasteiger partial charge on any atom is 0.0656 e. The molecule has 1 aliphatic carbocycles. The van der Waals surface area contributed by atoms with Crippen LogP contribution < -0.4 is 5.73 Å². The number of hydrogen-bond acceptors (Lipinski definition) is 2. The van der Waals surface area contributed by atoms with Gasteiger partial charge in [-0.25, -0.2) is 0 Å². The second-order valence-electron chi connectivity index (χ2n) is 2.40. The van der Waals surface area contributed by atoms with E-state index in [1.807, 2.05) is 0 Å². The maximum atomic E-state index is 8.38. The summed E-state index contributed by atoms with van der Waals surface area (Å²) in [7, 11) is 0. The highest BCUT2D eigenvalue weighted by Gasteiger charge is 2.20. The minimum absolute atomic E-state index is 0.255. The second kappa shape index (κ2) is 2.15. The number of nitrogens with zero attached hydrogens (tertiary/aromatic N) is 1. The third kappa shape index (κ3) is 0.988. The van der Waals surface area contributed by atoms with Crippen LogP contribution in [0.1, 0.15) is 19.3 Å². The number of nitrogens with two attached hydrogens (primary N) is 1. The van der Waals surface area contributed by atoms with Gasteiger partial charge in [0.2, 0.25) is 0 Å². The molecule has 1 rings (SSSR count). The number of nitriles is 1. The molecular formula is C6H10N2. The predicted octanol–water partition coefficient (Wildman–Crippen LogP) is 0.637. The van der Waals surface area contributed by atoms with Crippen LogP contribution in [0.5, 0.6) is 0 Å². The summed E-state index contributed by atoms with van der Waals surface area (Å²) in [5.41, 5.74) is 5.55. The Labute approximate surface area is 49.3 Å². The Hall–Kier alpha value is -0.550. The first-order valence-electron chi connectivity index (χ1n) is 2.98. The quantitative estimate of drug-likeness (QED) is 0.497. The molecule has 0 saturated heterocycles. The Morgan fingerprint density at radius 1 is 1.50 bits per heavy atom. The summed E-state index contributed by atoms with van der Waals surface area (Å²) >= 11 is 0. The topological polar surface area (TPSA) is 49.8 Å². The fourth-order valence-corrected chi connectivity index (χ4v) is 1.13. The van der Waals surface area contributed by atoms with Crippen molar-refractivity contribution in [2.24, 2.45) is 11.7 Å². The Morgan fingerprint density at radius 3 is 2.50 bits per heavy atom. The lowest BCUT2D eigenvalue weighted by molar-refractivity contribution is 0.662. The monoisotopic (exact) mass is 110 g/mol. The molecule has 1 aliphatic rings. The summed E-state index contributed by atoms with van der Waals surface area (Å²) in [5.74, 6) is 0.255. The van der Waals surface area contributed by atoms with Gasteiger partial charge in [-0.1, -0.05) is 0 Å². The molecular weight excluding hydrogens is 100 g/mol. The lowest BCUT2D eigenvalue weighted by Gasteiger charge is -1.95. The summed E-state index contributed by atoms with van der Waals surface area (Å²) < 4.78 is 0. The van der Waals surface area contributed by atoms with E-state index in [0.717, 1.165) is 19.3 Å². The zero-order valence-electron chi connectivity index (χ0n) is 4.80. The van der Waals surface area contributed by atoms with Gasteiger partial charge in [-0.15, -0.1) is 0 Å². The summed E-state index contributed by atoms with van der Waals surface area (Å²) in [6.45, 7) is 0. The lowest BCUT2D eigenvalue weighted by Crippen LogP contribution is -2.14. The summed E-state index contributed by atoms with van der Waals surface area (Å²) in [6, 6.07) is 2.52. The zero-order chi connectivity index (χ0) is 5.98. The van der Waals surface area contributed by atoms with Crippen molar-refractivity contribution in [3.05, 3.63) is 0 Å². The molecule has 1 fully saturated rings. The van der Waals surface area contributed by atoms with E-state index in [1.54, 1.807) is 0 Å². The minimum Gasteiger partial charge on any atom is -0.328 e.